The van der Waals surface area contributed by atoms with Gasteiger partial charge in [-0.3, -0.25) is 0 Å². The van der Waals surface area contributed by atoms with E-state index >= 15 is 0 Å². The van der Waals surface area contributed by atoms with Crippen LogP contribution < -0.4 is 19.9 Å². The molecule has 8 nitrogen and oxygen atoms in total. The Morgan fingerprint density at radius 3 is 1.84 bits per heavy atom. The molecule has 0 amide bonds. The molecule has 0 unspecified atom stereocenters. The van der Waals surface area contributed by atoms with Crippen molar-refractivity contribution >= 4 is 34.9 Å². The van der Waals surface area contributed by atoms with E-state index in [4.69, 9.17) is 17.0 Å². The summed E-state index contributed by atoms with van der Waals surface area (Å²) in [6, 6.07) is 7.66. The molecule has 1 aromatic carbocycles. The van der Waals surface area contributed by atoms with E-state index in [9.17, 15) is 0 Å². The maximum Gasteiger partial charge on any atom is 0.328 e. The van der Waals surface area contributed by atoms with Gasteiger partial charge in [0.2, 0.25) is 11.9 Å². The third-order valence-corrected chi connectivity index (χ3v) is 3.58. The highest BCUT2D eigenvalue weighted by atomic mass is 32.1. The highest BCUT2D eigenvalue weighted by Crippen LogP contribution is 2.23. The Kier molecular flexibility index (Phi) is 5.92. The van der Waals surface area contributed by atoms with Crippen molar-refractivity contribution < 1.29 is 4.74 Å². The van der Waals surface area contributed by atoms with Gasteiger partial charge in [-0.25, -0.2) is 0 Å². The van der Waals surface area contributed by atoms with E-state index < -0.39 is 0 Å². The van der Waals surface area contributed by atoms with E-state index in [1.54, 1.807) is 9.80 Å². The molecule has 1 heterocycles. The fraction of sp³-hybridized carbons (Fsp3) is 0.375. The Morgan fingerprint density at radius 2 is 1.40 bits per heavy atom. The third kappa shape index (κ3) is 5.15. The molecule has 0 aliphatic heterocycles. The molecule has 1 N–H and O–H groups in total. The Balaban J connectivity index is 2.17. The predicted molar refractivity (Wildman–Crippen MR) is 105 cm³/mol. The number of nitrogens with zero attached hydrogens (tertiary/aromatic N) is 6. The summed E-state index contributed by atoms with van der Waals surface area (Å²) in [4.78, 5) is 18.4. The lowest BCUT2D eigenvalue weighted by molar-refractivity contribution is 0.440. The number of benzene rings is 1. The second kappa shape index (κ2) is 7.93. The Hall–Kier alpha value is -2.68. The van der Waals surface area contributed by atoms with Gasteiger partial charge in [0, 0.05) is 48.0 Å². The van der Waals surface area contributed by atoms with Gasteiger partial charge in [-0.15, -0.1) is 0 Å². The van der Waals surface area contributed by atoms with Gasteiger partial charge in [-0.2, -0.15) is 15.0 Å². The molecule has 2 rings (SSSR count). The first kappa shape index (κ1) is 18.7. The summed E-state index contributed by atoms with van der Waals surface area (Å²) in [5.74, 6) is 1.69. The van der Waals surface area contributed by atoms with Gasteiger partial charge in [0.1, 0.15) is 5.75 Å². The van der Waals surface area contributed by atoms with Gasteiger partial charge in [-0.1, -0.05) is 0 Å². The largest absolute Gasteiger partial charge is 0.424 e. The van der Waals surface area contributed by atoms with Crippen LogP contribution in [-0.2, 0) is 0 Å². The van der Waals surface area contributed by atoms with Crippen LogP contribution in [0.15, 0.2) is 24.3 Å². The lowest BCUT2D eigenvalue weighted by Gasteiger charge is -2.16. The van der Waals surface area contributed by atoms with Crippen molar-refractivity contribution in [3.63, 3.8) is 0 Å². The van der Waals surface area contributed by atoms with Crippen LogP contribution in [0.1, 0.15) is 0 Å². The van der Waals surface area contributed by atoms with Crippen LogP contribution >= 0.6 is 12.2 Å². The Morgan fingerprint density at radius 1 is 0.880 bits per heavy atom. The summed E-state index contributed by atoms with van der Waals surface area (Å²) >= 11 is 5.22. The molecule has 0 bridgehead atoms. The second-order valence-corrected chi connectivity index (χ2v) is 6.34. The van der Waals surface area contributed by atoms with Crippen molar-refractivity contribution in [2.75, 3.05) is 57.4 Å². The average molecular weight is 361 g/mol. The summed E-state index contributed by atoms with van der Waals surface area (Å²) < 4.78 is 5.78. The van der Waals surface area contributed by atoms with Crippen molar-refractivity contribution in [3.8, 4) is 11.8 Å². The van der Waals surface area contributed by atoms with Crippen LogP contribution in [0.5, 0.6) is 11.8 Å². The Bertz CT molecular complexity index is 706. The minimum absolute atomic E-state index is 0.243. The summed E-state index contributed by atoms with van der Waals surface area (Å²) in [6.45, 7) is 0. The molecule has 0 aliphatic rings. The first-order valence-electron chi connectivity index (χ1n) is 7.63. The van der Waals surface area contributed by atoms with E-state index in [2.05, 4.69) is 20.3 Å². The van der Waals surface area contributed by atoms with Gasteiger partial charge < -0.3 is 24.8 Å². The van der Waals surface area contributed by atoms with Crippen LogP contribution in [0, 0.1) is 0 Å². The fourth-order valence-corrected chi connectivity index (χ4v) is 1.85. The van der Waals surface area contributed by atoms with Crippen LogP contribution in [0.3, 0.4) is 0 Å². The predicted octanol–water partition coefficient (Wildman–Crippen LogP) is 2.05. The topological polar surface area (TPSA) is 69.7 Å². The molecule has 0 fully saturated rings. The van der Waals surface area contributed by atoms with Crippen LogP contribution in [0.4, 0.5) is 17.6 Å². The van der Waals surface area contributed by atoms with Crippen LogP contribution in [0.25, 0.3) is 0 Å². The molecule has 0 aliphatic carbocycles. The van der Waals surface area contributed by atoms with E-state index in [0.29, 0.717) is 22.8 Å². The highest BCUT2D eigenvalue weighted by molar-refractivity contribution is 7.80. The minimum atomic E-state index is 0.243. The monoisotopic (exact) mass is 361 g/mol. The molecule has 25 heavy (non-hydrogen) atoms. The molecule has 1 aromatic heterocycles. The van der Waals surface area contributed by atoms with Crippen LogP contribution in [0.2, 0.25) is 0 Å². The molecule has 9 heteroatoms. The molecule has 0 saturated heterocycles. The fourth-order valence-electron chi connectivity index (χ4n) is 1.73. The van der Waals surface area contributed by atoms with Crippen molar-refractivity contribution in [1.29, 1.82) is 0 Å². The molecule has 134 valence electrons. The normalized spacial score (nSPS) is 10.2. The standard InChI is InChI=1S/C16H23N7OS/c1-21(2)13-18-14(22(3)4)20-15(19-13)24-12-9-7-11(8-10-12)17-16(25)23(5)6/h7-10H,1-6H3,(H,17,25). The van der Waals surface area contributed by atoms with Crippen LogP contribution in [-0.4, -0.2) is 67.3 Å². The second-order valence-electron chi connectivity index (χ2n) is 5.96. The molecule has 0 saturated carbocycles. The number of hydrogen-bond donors (Lipinski definition) is 1. The summed E-state index contributed by atoms with van der Waals surface area (Å²) in [6.07, 6.45) is 0. The van der Waals surface area contributed by atoms with E-state index in [1.807, 2.05) is 71.5 Å². The summed E-state index contributed by atoms with van der Waals surface area (Å²) in [7, 11) is 11.2. The van der Waals surface area contributed by atoms with Gasteiger partial charge in [-0.05, 0) is 36.5 Å². The average Bonchev–Trinajstić information content (AvgIpc) is 2.56. The number of aromatic nitrogens is 3. The molecular weight excluding hydrogens is 338 g/mol. The van der Waals surface area contributed by atoms with E-state index in [-0.39, 0.29) is 6.01 Å². The molecular formula is C16H23N7OS. The first-order chi connectivity index (χ1) is 11.8. The van der Waals surface area contributed by atoms with E-state index in [0.717, 1.165) is 5.69 Å². The zero-order chi connectivity index (χ0) is 18.6. The summed E-state index contributed by atoms with van der Waals surface area (Å²) in [5.41, 5.74) is 0.879. The van der Waals surface area contributed by atoms with Crippen molar-refractivity contribution in [1.82, 2.24) is 19.9 Å². The number of hydrogen-bond acceptors (Lipinski definition) is 7. The first-order valence-corrected chi connectivity index (χ1v) is 8.04. The van der Waals surface area contributed by atoms with Crippen molar-refractivity contribution in [3.05, 3.63) is 24.3 Å². The van der Waals surface area contributed by atoms with Gasteiger partial charge in [0.05, 0.1) is 0 Å². The summed E-state index contributed by atoms with van der Waals surface area (Å²) in [5, 5.41) is 3.76. The maximum absolute atomic E-state index is 5.78. The zero-order valence-corrected chi connectivity index (χ0v) is 16.1. The smallest absolute Gasteiger partial charge is 0.328 e. The quantitative estimate of drug-likeness (QED) is 0.806. The number of nitrogens with one attached hydrogen (secondary N) is 1. The zero-order valence-electron chi connectivity index (χ0n) is 15.3. The Labute approximate surface area is 153 Å². The van der Waals surface area contributed by atoms with Gasteiger partial charge in [0.15, 0.2) is 5.11 Å². The van der Waals surface area contributed by atoms with Gasteiger partial charge >= 0.3 is 6.01 Å². The molecule has 0 radical (unpaired) electrons. The van der Waals surface area contributed by atoms with Crippen molar-refractivity contribution in [2.45, 2.75) is 0 Å². The lowest BCUT2D eigenvalue weighted by Crippen LogP contribution is -2.26. The number of anilines is 3. The SMILES string of the molecule is CN(C)C(=S)Nc1ccc(Oc2nc(N(C)C)nc(N(C)C)n2)cc1. The number of ether oxygens (including phenoxy) is 1. The molecule has 2 aromatic rings. The minimum Gasteiger partial charge on any atom is -0.424 e. The third-order valence-electron chi connectivity index (χ3n) is 3.11. The van der Waals surface area contributed by atoms with Gasteiger partial charge in [0.25, 0.3) is 0 Å². The van der Waals surface area contributed by atoms with E-state index in [1.165, 1.54) is 0 Å². The number of rotatable bonds is 5. The molecule has 0 atom stereocenters. The van der Waals surface area contributed by atoms with Crippen molar-refractivity contribution in [2.24, 2.45) is 0 Å². The maximum atomic E-state index is 5.78. The molecule has 0 spiro atoms. The highest BCUT2D eigenvalue weighted by Gasteiger charge is 2.11. The number of thiocarbonyl (C=S) groups is 1. The lowest BCUT2D eigenvalue weighted by atomic mass is 10.3.